The first-order chi connectivity index (χ1) is 9.65. The number of carbonyl (C=O) groups excluding carboxylic acids is 1. The molecule has 2 unspecified atom stereocenters. The molecule has 1 aliphatic heterocycles. The quantitative estimate of drug-likeness (QED) is 0.710. The molecule has 1 saturated heterocycles. The predicted octanol–water partition coefficient (Wildman–Crippen LogP) is 1.78. The number of hydrogen-bond donors (Lipinski definition) is 3. The van der Waals surface area contributed by atoms with Gasteiger partial charge in [-0.3, -0.25) is 4.79 Å². The summed E-state index contributed by atoms with van der Waals surface area (Å²) in [5, 5.41) is 14.7. The van der Waals surface area contributed by atoms with Crippen LogP contribution in [0.15, 0.2) is 30.3 Å². The van der Waals surface area contributed by atoms with E-state index in [0.717, 1.165) is 12.8 Å². The molecule has 1 aliphatic rings. The fourth-order valence-corrected chi connectivity index (χ4v) is 2.53. The average Bonchev–Trinajstić information content (AvgIpc) is 2.84. The zero-order chi connectivity index (χ0) is 14.4. The van der Waals surface area contributed by atoms with E-state index in [2.05, 4.69) is 22.8 Å². The minimum Gasteiger partial charge on any atom is -0.481 e. The van der Waals surface area contributed by atoms with Crippen LogP contribution in [-0.2, 0) is 11.2 Å². The zero-order valence-corrected chi connectivity index (χ0v) is 11.3. The lowest BCUT2D eigenvalue weighted by molar-refractivity contribution is -0.142. The standard InChI is InChI=1S/C15H20N2O3/c18-14(19)12(9-13-10-16-15(20)17-13)8-4-7-11-5-2-1-3-6-11/h1-3,5-6,12-13H,4,7-10H2,(H,18,19)(H2,16,17,20). The number of rotatable bonds is 7. The van der Waals surface area contributed by atoms with Crippen LogP contribution >= 0.6 is 0 Å². The van der Waals surface area contributed by atoms with E-state index >= 15 is 0 Å². The minimum atomic E-state index is -0.779. The first-order valence-electron chi connectivity index (χ1n) is 6.96. The van der Waals surface area contributed by atoms with Crippen LogP contribution in [-0.4, -0.2) is 29.7 Å². The first kappa shape index (κ1) is 14.4. The summed E-state index contributed by atoms with van der Waals surface area (Å²) in [6.07, 6.45) is 2.86. The van der Waals surface area contributed by atoms with Gasteiger partial charge in [0.2, 0.25) is 0 Å². The van der Waals surface area contributed by atoms with Crippen molar-refractivity contribution in [3.05, 3.63) is 35.9 Å². The van der Waals surface area contributed by atoms with E-state index in [9.17, 15) is 14.7 Å². The van der Waals surface area contributed by atoms with Gasteiger partial charge in [-0.25, -0.2) is 4.79 Å². The number of amides is 2. The van der Waals surface area contributed by atoms with Gasteiger partial charge < -0.3 is 15.7 Å². The molecule has 2 rings (SSSR count). The van der Waals surface area contributed by atoms with Crippen molar-refractivity contribution in [3.63, 3.8) is 0 Å². The number of hydrogen-bond acceptors (Lipinski definition) is 2. The van der Waals surface area contributed by atoms with Crippen LogP contribution in [0.5, 0.6) is 0 Å². The first-order valence-corrected chi connectivity index (χ1v) is 6.96. The largest absolute Gasteiger partial charge is 0.481 e. The number of carbonyl (C=O) groups is 2. The third kappa shape index (κ3) is 4.26. The summed E-state index contributed by atoms with van der Waals surface area (Å²) in [5.74, 6) is -1.18. The highest BCUT2D eigenvalue weighted by Gasteiger charge is 2.26. The Hall–Kier alpha value is -2.04. The second kappa shape index (κ2) is 6.93. The SMILES string of the molecule is O=C1NCC(CC(CCCc2ccccc2)C(=O)O)N1. The number of benzene rings is 1. The van der Waals surface area contributed by atoms with E-state index < -0.39 is 11.9 Å². The van der Waals surface area contributed by atoms with E-state index in [1.165, 1.54) is 5.56 Å². The Morgan fingerprint density at radius 3 is 2.70 bits per heavy atom. The molecule has 1 aromatic carbocycles. The maximum Gasteiger partial charge on any atom is 0.315 e. The number of aliphatic carboxylic acids is 1. The zero-order valence-electron chi connectivity index (χ0n) is 11.3. The molecule has 0 radical (unpaired) electrons. The van der Waals surface area contributed by atoms with Crippen molar-refractivity contribution < 1.29 is 14.7 Å². The third-order valence-corrected chi connectivity index (χ3v) is 3.62. The number of carboxylic acids is 1. The second-order valence-electron chi connectivity index (χ2n) is 5.20. The molecule has 3 N–H and O–H groups in total. The molecule has 0 bridgehead atoms. The molecule has 0 saturated carbocycles. The van der Waals surface area contributed by atoms with Crippen LogP contribution in [0.2, 0.25) is 0 Å². The summed E-state index contributed by atoms with van der Waals surface area (Å²) in [7, 11) is 0. The maximum atomic E-state index is 11.3. The van der Waals surface area contributed by atoms with Crippen molar-refractivity contribution >= 4 is 12.0 Å². The Morgan fingerprint density at radius 2 is 2.10 bits per heavy atom. The van der Waals surface area contributed by atoms with Gasteiger partial charge in [-0.05, 0) is 31.2 Å². The van der Waals surface area contributed by atoms with Crippen LogP contribution in [0, 0.1) is 5.92 Å². The number of aryl methyl sites for hydroxylation is 1. The Bertz CT molecular complexity index is 461. The molecular formula is C15H20N2O3. The molecule has 5 heteroatoms. The Labute approximate surface area is 118 Å². The van der Waals surface area contributed by atoms with Gasteiger partial charge in [0.25, 0.3) is 0 Å². The van der Waals surface area contributed by atoms with Gasteiger partial charge in [0.15, 0.2) is 0 Å². The number of nitrogens with one attached hydrogen (secondary N) is 2. The summed E-state index contributed by atoms with van der Waals surface area (Å²) in [6.45, 7) is 0.515. The Balaban J connectivity index is 1.77. The highest BCUT2D eigenvalue weighted by Crippen LogP contribution is 2.17. The highest BCUT2D eigenvalue weighted by molar-refractivity contribution is 5.77. The van der Waals surface area contributed by atoms with Crippen LogP contribution in [0.1, 0.15) is 24.8 Å². The lowest BCUT2D eigenvalue weighted by Crippen LogP contribution is -2.31. The predicted molar refractivity (Wildman–Crippen MR) is 75.4 cm³/mol. The Morgan fingerprint density at radius 1 is 1.35 bits per heavy atom. The van der Waals surface area contributed by atoms with Gasteiger partial charge in [0.1, 0.15) is 0 Å². The minimum absolute atomic E-state index is 0.0691. The van der Waals surface area contributed by atoms with Gasteiger partial charge in [-0.15, -0.1) is 0 Å². The van der Waals surface area contributed by atoms with Crippen molar-refractivity contribution in [1.29, 1.82) is 0 Å². The van der Waals surface area contributed by atoms with Gasteiger partial charge >= 0.3 is 12.0 Å². The van der Waals surface area contributed by atoms with Crippen LogP contribution in [0.3, 0.4) is 0 Å². The summed E-state index contributed by atoms with van der Waals surface area (Å²) < 4.78 is 0. The monoisotopic (exact) mass is 276 g/mol. The highest BCUT2D eigenvalue weighted by atomic mass is 16.4. The van der Waals surface area contributed by atoms with Gasteiger partial charge in [0, 0.05) is 12.6 Å². The molecule has 1 aromatic rings. The topological polar surface area (TPSA) is 78.4 Å². The van der Waals surface area contributed by atoms with E-state index in [1.54, 1.807) is 0 Å². The summed E-state index contributed by atoms with van der Waals surface area (Å²) in [6, 6.07) is 9.78. The van der Waals surface area contributed by atoms with Gasteiger partial charge in [-0.2, -0.15) is 0 Å². The molecule has 5 nitrogen and oxygen atoms in total. The fraction of sp³-hybridized carbons (Fsp3) is 0.467. The van der Waals surface area contributed by atoms with E-state index in [4.69, 9.17) is 0 Å². The molecule has 0 spiro atoms. The summed E-state index contributed by atoms with van der Waals surface area (Å²) in [5.41, 5.74) is 1.23. The molecule has 0 aromatic heterocycles. The lowest BCUT2D eigenvalue weighted by atomic mass is 9.93. The molecule has 0 aliphatic carbocycles. The van der Waals surface area contributed by atoms with E-state index in [1.807, 2.05) is 18.2 Å². The number of carboxylic acid groups (broad SMARTS) is 1. The number of urea groups is 1. The van der Waals surface area contributed by atoms with E-state index in [0.29, 0.717) is 19.4 Å². The molecule has 2 atom stereocenters. The van der Waals surface area contributed by atoms with Gasteiger partial charge in [0.05, 0.1) is 5.92 Å². The normalized spacial score (nSPS) is 19.2. The molecule has 20 heavy (non-hydrogen) atoms. The van der Waals surface area contributed by atoms with Crippen molar-refractivity contribution in [2.75, 3.05) is 6.54 Å². The molecule has 1 fully saturated rings. The Kier molecular flexibility index (Phi) is 4.98. The van der Waals surface area contributed by atoms with Crippen molar-refractivity contribution in [1.82, 2.24) is 10.6 Å². The van der Waals surface area contributed by atoms with Crippen LogP contribution < -0.4 is 10.6 Å². The maximum absolute atomic E-state index is 11.3. The summed E-state index contributed by atoms with van der Waals surface area (Å²) >= 11 is 0. The molecular weight excluding hydrogens is 256 g/mol. The molecule has 1 heterocycles. The fourth-order valence-electron chi connectivity index (χ4n) is 2.53. The van der Waals surface area contributed by atoms with Gasteiger partial charge in [-0.1, -0.05) is 30.3 Å². The molecule has 2 amide bonds. The lowest BCUT2D eigenvalue weighted by Gasteiger charge is -2.16. The second-order valence-corrected chi connectivity index (χ2v) is 5.20. The molecule has 108 valence electrons. The summed E-state index contributed by atoms with van der Waals surface area (Å²) in [4.78, 5) is 22.3. The van der Waals surface area contributed by atoms with E-state index in [-0.39, 0.29) is 12.1 Å². The van der Waals surface area contributed by atoms with Crippen LogP contribution in [0.4, 0.5) is 4.79 Å². The van der Waals surface area contributed by atoms with Crippen molar-refractivity contribution in [3.8, 4) is 0 Å². The third-order valence-electron chi connectivity index (χ3n) is 3.62. The smallest absolute Gasteiger partial charge is 0.315 e. The van der Waals surface area contributed by atoms with Crippen molar-refractivity contribution in [2.24, 2.45) is 5.92 Å². The van der Waals surface area contributed by atoms with Crippen molar-refractivity contribution in [2.45, 2.75) is 31.7 Å². The van der Waals surface area contributed by atoms with Crippen LogP contribution in [0.25, 0.3) is 0 Å². The average molecular weight is 276 g/mol.